The van der Waals surface area contributed by atoms with Crippen molar-refractivity contribution in [2.75, 3.05) is 6.61 Å². The molecule has 1 aromatic rings. The van der Waals surface area contributed by atoms with Crippen LogP contribution in [0.3, 0.4) is 0 Å². The van der Waals surface area contributed by atoms with Gasteiger partial charge in [-0.15, -0.1) is 0 Å². The number of ether oxygens (including phenoxy) is 1. The number of rotatable bonds is 5. The lowest BCUT2D eigenvalue weighted by Gasteiger charge is -2.20. The molecule has 0 bridgehead atoms. The molecule has 0 aliphatic rings. The van der Waals surface area contributed by atoms with Crippen LogP contribution in [0.5, 0.6) is 0 Å². The maximum absolute atomic E-state index is 11.4. The first-order chi connectivity index (χ1) is 8.88. The Kier molecular flexibility index (Phi) is 5.83. The molecule has 0 radical (unpaired) electrons. The van der Waals surface area contributed by atoms with Gasteiger partial charge in [-0.05, 0) is 39.2 Å². The van der Waals surface area contributed by atoms with E-state index in [1.807, 2.05) is 51.1 Å². The number of carbonyl (C=O) groups is 1. The van der Waals surface area contributed by atoms with Gasteiger partial charge in [-0.25, -0.2) is 4.79 Å². The smallest absolute Gasteiger partial charge is 0.407 e. The maximum atomic E-state index is 11.4. The number of carbonyl (C=O) groups excluding carboxylic acids is 1. The van der Waals surface area contributed by atoms with Crippen LogP contribution in [0.15, 0.2) is 30.3 Å². The Balaban J connectivity index is 2.19. The highest BCUT2D eigenvalue weighted by molar-refractivity contribution is 5.67. The fourth-order valence-corrected chi connectivity index (χ4v) is 1.63. The number of aliphatic hydroxyl groups is 1. The summed E-state index contributed by atoms with van der Waals surface area (Å²) in [6.45, 7) is 6.00. The van der Waals surface area contributed by atoms with Crippen molar-refractivity contribution in [3.05, 3.63) is 35.9 Å². The van der Waals surface area contributed by atoms with Gasteiger partial charge in [0, 0.05) is 5.54 Å². The van der Waals surface area contributed by atoms with Gasteiger partial charge in [0.25, 0.3) is 0 Å². The molecule has 4 nitrogen and oxygen atoms in total. The van der Waals surface area contributed by atoms with Crippen molar-refractivity contribution in [3.8, 4) is 0 Å². The van der Waals surface area contributed by atoms with Crippen LogP contribution in [-0.2, 0) is 4.74 Å². The Morgan fingerprint density at radius 2 is 1.95 bits per heavy atom. The minimum absolute atomic E-state index is 0.291. The fraction of sp³-hybridized carbons (Fsp3) is 0.533. The first kappa shape index (κ1) is 15.5. The Hall–Kier alpha value is -1.55. The molecule has 0 fully saturated rings. The van der Waals surface area contributed by atoms with E-state index in [0.29, 0.717) is 19.4 Å². The van der Waals surface area contributed by atoms with Gasteiger partial charge in [-0.2, -0.15) is 0 Å². The third-order valence-electron chi connectivity index (χ3n) is 2.52. The molecule has 1 atom stereocenters. The number of amides is 1. The van der Waals surface area contributed by atoms with Crippen LogP contribution in [0, 0.1) is 0 Å². The number of nitrogens with one attached hydrogen (secondary N) is 1. The molecule has 1 aromatic carbocycles. The lowest BCUT2D eigenvalue weighted by molar-refractivity contribution is 0.119. The van der Waals surface area contributed by atoms with Gasteiger partial charge in [0.1, 0.15) is 0 Å². The van der Waals surface area contributed by atoms with E-state index < -0.39 is 12.2 Å². The minimum Gasteiger partial charge on any atom is -0.450 e. The van der Waals surface area contributed by atoms with Crippen molar-refractivity contribution in [1.82, 2.24) is 5.32 Å². The standard InChI is InChI=1S/C15H23NO3/c1-15(2,3)16-14(18)19-11-7-10-13(17)12-8-5-4-6-9-12/h4-6,8-9,13,17H,7,10-11H2,1-3H3,(H,16,18)/t13-/m0/s1. The van der Waals surface area contributed by atoms with Gasteiger partial charge >= 0.3 is 6.09 Å². The molecule has 106 valence electrons. The molecule has 0 saturated heterocycles. The Morgan fingerprint density at radius 1 is 1.32 bits per heavy atom. The first-order valence-corrected chi connectivity index (χ1v) is 6.56. The van der Waals surface area contributed by atoms with E-state index >= 15 is 0 Å². The second-order valence-corrected chi connectivity index (χ2v) is 5.58. The van der Waals surface area contributed by atoms with E-state index in [1.165, 1.54) is 0 Å². The molecule has 0 spiro atoms. The van der Waals surface area contributed by atoms with Gasteiger partial charge < -0.3 is 15.2 Å². The minimum atomic E-state index is -0.504. The van der Waals surface area contributed by atoms with Gasteiger partial charge in [0.05, 0.1) is 12.7 Å². The summed E-state index contributed by atoms with van der Waals surface area (Å²) < 4.78 is 5.04. The van der Waals surface area contributed by atoms with Gasteiger partial charge in [-0.3, -0.25) is 0 Å². The van der Waals surface area contributed by atoms with E-state index in [2.05, 4.69) is 5.32 Å². The van der Waals surface area contributed by atoms with Crippen molar-refractivity contribution in [3.63, 3.8) is 0 Å². The predicted molar refractivity (Wildman–Crippen MR) is 74.9 cm³/mol. The summed E-state index contributed by atoms with van der Waals surface area (Å²) in [5.41, 5.74) is 0.599. The summed E-state index contributed by atoms with van der Waals surface area (Å²) >= 11 is 0. The van der Waals surface area contributed by atoms with E-state index in [1.54, 1.807) is 0 Å². The summed E-state index contributed by atoms with van der Waals surface area (Å²) in [5, 5.41) is 12.6. The topological polar surface area (TPSA) is 58.6 Å². The Morgan fingerprint density at radius 3 is 2.53 bits per heavy atom. The zero-order valence-electron chi connectivity index (χ0n) is 11.8. The van der Waals surface area contributed by atoms with Crippen LogP contribution in [-0.4, -0.2) is 23.3 Å². The van der Waals surface area contributed by atoms with E-state index in [4.69, 9.17) is 4.74 Å². The zero-order valence-corrected chi connectivity index (χ0v) is 11.8. The first-order valence-electron chi connectivity index (χ1n) is 6.56. The van der Waals surface area contributed by atoms with Crippen molar-refractivity contribution in [2.45, 2.75) is 45.3 Å². The van der Waals surface area contributed by atoms with Gasteiger partial charge in [0.15, 0.2) is 0 Å². The molecule has 1 amide bonds. The molecule has 0 aliphatic heterocycles. The Bertz CT molecular complexity index is 384. The number of aliphatic hydroxyl groups excluding tert-OH is 1. The summed E-state index contributed by atoms with van der Waals surface area (Å²) in [7, 11) is 0. The fourth-order valence-electron chi connectivity index (χ4n) is 1.63. The quantitative estimate of drug-likeness (QED) is 0.804. The summed E-state index contributed by atoms with van der Waals surface area (Å²) in [4.78, 5) is 11.4. The molecule has 0 unspecified atom stereocenters. The molecular formula is C15H23NO3. The summed E-state index contributed by atoms with van der Waals surface area (Å²) in [6.07, 6.45) is 0.289. The monoisotopic (exact) mass is 265 g/mol. The van der Waals surface area contributed by atoms with Gasteiger partial charge in [-0.1, -0.05) is 30.3 Å². The molecule has 19 heavy (non-hydrogen) atoms. The van der Waals surface area contributed by atoms with Crippen LogP contribution in [0.2, 0.25) is 0 Å². The third kappa shape index (κ3) is 6.82. The van der Waals surface area contributed by atoms with E-state index in [0.717, 1.165) is 5.56 Å². The summed E-state index contributed by atoms with van der Waals surface area (Å²) in [5.74, 6) is 0. The number of hydrogen-bond donors (Lipinski definition) is 2. The molecule has 1 rings (SSSR count). The third-order valence-corrected chi connectivity index (χ3v) is 2.52. The van der Waals surface area contributed by atoms with Crippen molar-refractivity contribution < 1.29 is 14.6 Å². The second-order valence-electron chi connectivity index (χ2n) is 5.58. The molecule has 0 heterocycles. The molecule has 2 N–H and O–H groups in total. The maximum Gasteiger partial charge on any atom is 0.407 e. The average molecular weight is 265 g/mol. The summed E-state index contributed by atoms with van der Waals surface area (Å²) in [6, 6.07) is 9.48. The number of hydrogen-bond acceptors (Lipinski definition) is 3. The van der Waals surface area contributed by atoms with Crippen LogP contribution in [0.25, 0.3) is 0 Å². The predicted octanol–water partition coefficient (Wildman–Crippen LogP) is 3.02. The normalized spacial score (nSPS) is 12.8. The van der Waals surface area contributed by atoms with Crippen LogP contribution in [0.1, 0.15) is 45.3 Å². The number of alkyl carbamates (subject to hydrolysis) is 1. The number of benzene rings is 1. The van der Waals surface area contributed by atoms with E-state index in [9.17, 15) is 9.90 Å². The van der Waals surface area contributed by atoms with Crippen LogP contribution in [0.4, 0.5) is 4.79 Å². The Labute approximate surface area is 114 Å². The molecule has 0 aliphatic carbocycles. The van der Waals surface area contributed by atoms with Crippen molar-refractivity contribution in [2.24, 2.45) is 0 Å². The van der Waals surface area contributed by atoms with Gasteiger partial charge in [0.2, 0.25) is 0 Å². The largest absolute Gasteiger partial charge is 0.450 e. The van der Waals surface area contributed by atoms with Crippen LogP contribution >= 0.6 is 0 Å². The SMILES string of the molecule is CC(C)(C)NC(=O)OCCC[C@H](O)c1ccccc1. The lowest BCUT2D eigenvalue weighted by Crippen LogP contribution is -2.41. The molecule has 4 heteroatoms. The highest BCUT2D eigenvalue weighted by atomic mass is 16.5. The van der Waals surface area contributed by atoms with Crippen molar-refractivity contribution in [1.29, 1.82) is 0 Å². The highest BCUT2D eigenvalue weighted by Crippen LogP contribution is 2.17. The highest BCUT2D eigenvalue weighted by Gasteiger charge is 2.14. The van der Waals surface area contributed by atoms with E-state index in [-0.39, 0.29) is 5.54 Å². The average Bonchev–Trinajstić information content (AvgIpc) is 2.33. The second kappa shape index (κ2) is 7.14. The molecule has 0 aromatic heterocycles. The zero-order chi connectivity index (χ0) is 14.3. The molecule has 0 saturated carbocycles. The van der Waals surface area contributed by atoms with Crippen LogP contribution < -0.4 is 5.32 Å². The molecular weight excluding hydrogens is 242 g/mol. The van der Waals surface area contributed by atoms with Crippen molar-refractivity contribution >= 4 is 6.09 Å². The lowest BCUT2D eigenvalue weighted by atomic mass is 10.1.